The number of methoxy groups -OCH3 is 1. The van der Waals surface area contributed by atoms with Crippen LogP contribution in [0, 0.1) is 0 Å². The maximum absolute atomic E-state index is 13.1. The Balaban J connectivity index is 1.44. The second-order valence-corrected chi connectivity index (χ2v) is 9.34. The fraction of sp³-hybridized carbons (Fsp3) is 0.261. The third-order valence-electron chi connectivity index (χ3n) is 5.40. The van der Waals surface area contributed by atoms with Crippen LogP contribution in [-0.2, 0) is 24.3 Å². The Morgan fingerprint density at radius 2 is 1.71 bits per heavy atom. The van der Waals surface area contributed by atoms with Gasteiger partial charge in [-0.1, -0.05) is 18.2 Å². The quantitative estimate of drug-likeness (QED) is 0.328. The smallest absolute Gasteiger partial charge is 0.332 e. The lowest BCUT2D eigenvalue weighted by Gasteiger charge is -2.26. The zero-order valence-corrected chi connectivity index (χ0v) is 19.1. The first-order valence-electron chi connectivity index (χ1n) is 10.4. The summed E-state index contributed by atoms with van der Waals surface area (Å²) in [5.74, 6) is -1.70. The molecule has 4 rings (SSSR count). The van der Waals surface area contributed by atoms with Crippen LogP contribution in [0.25, 0.3) is 6.08 Å². The molecule has 2 aromatic rings. The lowest BCUT2D eigenvalue weighted by molar-refractivity contribution is -0.140. The van der Waals surface area contributed by atoms with Crippen molar-refractivity contribution in [2.75, 3.05) is 40.1 Å². The van der Waals surface area contributed by atoms with Crippen molar-refractivity contribution in [1.82, 2.24) is 9.21 Å². The van der Waals surface area contributed by atoms with E-state index in [1.807, 2.05) is 0 Å². The van der Waals surface area contributed by atoms with E-state index in [9.17, 15) is 22.8 Å². The molecule has 2 heterocycles. The average molecular weight is 487 g/mol. The number of carbonyl (C=O) groups excluding carboxylic acids is 3. The Morgan fingerprint density at radius 1 is 1.06 bits per heavy atom. The Labute approximate surface area is 196 Å². The summed E-state index contributed by atoms with van der Waals surface area (Å²) in [6.45, 7) is 0.542. The summed E-state index contributed by atoms with van der Waals surface area (Å²) >= 11 is 0. The molecule has 2 aliphatic rings. The van der Waals surface area contributed by atoms with Gasteiger partial charge in [0, 0.05) is 19.2 Å². The summed E-state index contributed by atoms with van der Waals surface area (Å²) in [6.07, 6.45) is 2.47. The number of carbonyl (C=O) groups is 3. The van der Waals surface area contributed by atoms with Crippen molar-refractivity contribution in [2.45, 2.75) is 4.90 Å². The molecule has 0 aliphatic carbocycles. The van der Waals surface area contributed by atoms with E-state index in [0.29, 0.717) is 18.8 Å². The van der Waals surface area contributed by atoms with E-state index in [2.05, 4.69) is 0 Å². The van der Waals surface area contributed by atoms with Gasteiger partial charge >= 0.3 is 5.97 Å². The van der Waals surface area contributed by atoms with Crippen molar-refractivity contribution in [2.24, 2.45) is 0 Å². The first kappa shape index (κ1) is 23.6. The standard InChI is InChI=1S/C23H22N2O8S/c1-31-19-8-6-16(14-20(19)34(29,30)24-10-12-32-13-11-24)7-9-21(26)33-15-25-22(27)17-4-2-3-5-18(17)23(25)28/h2-9,14H,10-13,15H2,1H3/b9-7+. The third kappa shape index (κ3) is 4.58. The van der Waals surface area contributed by atoms with E-state index in [4.69, 9.17) is 14.2 Å². The summed E-state index contributed by atoms with van der Waals surface area (Å²) in [6, 6.07) is 10.8. The van der Waals surface area contributed by atoms with Crippen molar-refractivity contribution >= 4 is 33.9 Å². The number of imide groups is 1. The van der Waals surface area contributed by atoms with Gasteiger partial charge in [0.1, 0.15) is 10.6 Å². The summed E-state index contributed by atoms with van der Waals surface area (Å²) in [4.78, 5) is 37.7. The Morgan fingerprint density at radius 3 is 2.32 bits per heavy atom. The van der Waals surface area contributed by atoms with Gasteiger partial charge in [-0.3, -0.25) is 9.59 Å². The molecule has 11 heteroatoms. The molecule has 2 aromatic carbocycles. The molecule has 1 fully saturated rings. The van der Waals surface area contributed by atoms with Crippen LogP contribution in [0.2, 0.25) is 0 Å². The molecular formula is C23H22N2O8S. The predicted molar refractivity (Wildman–Crippen MR) is 120 cm³/mol. The number of sulfonamides is 1. The maximum atomic E-state index is 13.1. The number of benzene rings is 2. The topological polar surface area (TPSA) is 120 Å². The van der Waals surface area contributed by atoms with Gasteiger partial charge in [0.05, 0.1) is 31.5 Å². The van der Waals surface area contributed by atoms with Crippen molar-refractivity contribution < 1.29 is 37.0 Å². The number of morpholine rings is 1. The molecule has 10 nitrogen and oxygen atoms in total. The van der Waals surface area contributed by atoms with E-state index >= 15 is 0 Å². The van der Waals surface area contributed by atoms with Gasteiger partial charge in [0.2, 0.25) is 10.0 Å². The summed E-state index contributed by atoms with van der Waals surface area (Å²) in [5.41, 5.74) is 0.933. The third-order valence-corrected chi connectivity index (χ3v) is 7.32. The van der Waals surface area contributed by atoms with Gasteiger partial charge in [-0.25, -0.2) is 18.1 Å². The Kier molecular flexibility index (Phi) is 6.77. The fourth-order valence-electron chi connectivity index (χ4n) is 3.62. The molecule has 0 unspecified atom stereocenters. The van der Waals surface area contributed by atoms with Gasteiger partial charge in [-0.15, -0.1) is 0 Å². The van der Waals surface area contributed by atoms with Crippen molar-refractivity contribution in [3.63, 3.8) is 0 Å². The first-order valence-corrected chi connectivity index (χ1v) is 11.8. The van der Waals surface area contributed by atoms with E-state index < -0.39 is 34.5 Å². The number of hydrogen-bond donors (Lipinski definition) is 0. The second kappa shape index (κ2) is 9.75. The molecule has 0 radical (unpaired) electrons. The molecule has 2 amide bonds. The highest BCUT2D eigenvalue weighted by Crippen LogP contribution is 2.29. The normalized spacial score (nSPS) is 16.7. The van der Waals surface area contributed by atoms with E-state index in [-0.39, 0.29) is 34.9 Å². The highest BCUT2D eigenvalue weighted by atomic mass is 32.2. The highest BCUT2D eigenvalue weighted by molar-refractivity contribution is 7.89. The van der Waals surface area contributed by atoms with Crippen LogP contribution >= 0.6 is 0 Å². The zero-order valence-electron chi connectivity index (χ0n) is 18.3. The minimum absolute atomic E-state index is 0.0292. The minimum Gasteiger partial charge on any atom is -0.495 e. The van der Waals surface area contributed by atoms with E-state index in [0.717, 1.165) is 11.0 Å². The molecule has 0 bridgehead atoms. The number of esters is 1. The molecule has 2 aliphatic heterocycles. The van der Waals surface area contributed by atoms with Gasteiger partial charge < -0.3 is 14.2 Å². The monoisotopic (exact) mass is 486 g/mol. The maximum Gasteiger partial charge on any atom is 0.332 e. The summed E-state index contributed by atoms with van der Waals surface area (Å²) < 4.78 is 42.9. The molecule has 0 atom stereocenters. The molecular weight excluding hydrogens is 464 g/mol. The van der Waals surface area contributed by atoms with Gasteiger partial charge in [0.25, 0.3) is 11.8 Å². The second-order valence-electron chi connectivity index (χ2n) is 7.44. The number of fused-ring (bicyclic) bond motifs is 1. The van der Waals surface area contributed by atoms with Crippen molar-refractivity contribution in [1.29, 1.82) is 0 Å². The molecule has 34 heavy (non-hydrogen) atoms. The number of nitrogens with zero attached hydrogens (tertiary/aromatic N) is 2. The predicted octanol–water partition coefficient (Wildman–Crippen LogP) is 1.53. The van der Waals surface area contributed by atoms with Crippen molar-refractivity contribution in [3.8, 4) is 5.75 Å². The van der Waals surface area contributed by atoms with Crippen LogP contribution in [0.3, 0.4) is 0 Å². The zero-order chi connectivity index (χ0) is 24.3. The molecule has 0 aromatic heterocycles. The molecule has 0 spiro atoms. The average Bonchev–Trinajstić information content (AvgIpc) is 3.11. The lowest BCUT2D eigenvalue weighted by Crippen LogP contribution is -2.40. The molecule has 0 saturated carbocycles. The molecule has 0 N–H and O–H groups in total. The van der Waals surface area contributed by atoms with Crippen molar-refractivity contribution in [3.05, 3.63) is 65.2 Å². The van der Waals surface area contributed by atoms with Crippen LogP contribution in [0.5, 0.6) is 5.75 Å². The van der Waals surface area contributed by atoms with Crippen LogP contribution in [0.4, 0.5) is 0 Å². The highest BCUT2D eigenvalue weighted by Gasteiger charge is 2.35. The van der Waals surface area contributed by atoms with Crippen LogP contribution in [0.15, 0.2) is 53.4 Å². The summed E-state index contributed by atoms with van der Waals surface area (Å²) in [5, 5.41) is 0. The molecule has 1 saturated heterocycles. The minimum atomic E-state index is -3.83. The Bertz CT molecular complexity index is 1230. The van der Waals surface area contributed by atoms with Crippen LogP contribution < -0.4 is 4.74 Å². The van der Waals surface area contributed by atoms with Crippen LogP contribution in [0.1, 0.15) is 26.3 Å². The molecule has 178 valence electrons. The Hall–Kier alpha value is -3.54. The van der Waals surface area contributed by atoms with E-state index in [1.54, 1.807) is 18.2 Å². The van der Waals surface area contributed by atoms with Gasteiger partial charge in [-0.05, 0) is 35.9 Å². The number of ether oxygens (including phenoxy) is 3. The summed E-state index contributed by atoms with van der Waals surface area (Å²) in [7, 11) is -2.45. The van der Waals surface area contributed by atoms with Gasteiger partial charge in [-0.2, -0.15) is 4.31 Å². The SMILES string of the molecule is COc1ccc(/C=C/C(=O)OCN2C(=O)c3ccccc3C2=O)cc1S(=O)(=O)N1CCOCC1. The van der Waals surface area contributed by atoms with Gasteiger partial charge in [0.15, 0.2) is 6.73 Å². The number of rotatable bonds is 7. The number of hydrogen-bond acceptors (Lipinski definition) is 8. The largest absolute Gasteiger partial charge is 0.495 e. The first-order chi connectivity index (χ1) is 16.3. The van der Waals surface area contributed by atoms with Crippen LogP contribution in [-0.4, -0.2) is 75.6 Å². The fourth-order valence-corrected chi connectivity index (χ4v) is 5.22. The number of amides is 2. The lowest BCUT2D eigenvalue weighted by atomic mass is 10.1. The van der Waals surface area contributed by atoms with E-state index in [1.165, 1.54) is 41.8 Å².